The van der Waals surface area contributed by atoms with Crippen molar-refractivity contribution in [2.75, 3.05) is 37.6 Å². The maximum Gasteiger partial charge on any atom is 0.229 e. The molecular weight excluding hydrogens is 364 g/mol. The summed E-state index contributed by atoms with van der Waals surface area (Å²) in [5.74, 6) is 0.188. The first-order chi connectivity index (χ1) is 14.0. The van der Waals surface area contributed by atoms with Gasteiger partial charge in [-0.1, -0.05) is 29.8 Å². The number of amides is 1. The molecule has 2 fully saturated rings. The van der Waals surface area contributed by atoms with Crippen molar-refractivity contribution in [2.24, 2.45) is 5.92 Å². The van der Waals surface area contributed by atoms with E-state index in [-0.39, 0.29) is 23.7 Å². The van der Waals surface area contributed by atoms with Crippen molar-refractivity contribution < 1.29 is 9.59 Å². The molecule has 0 radical (unpaired) electrons. The number of nitrogens with zero attached hydrogens (tertiary/aromatic N) is 2. The Bertz CT molecular complexity index is 871. The minimum absolute atomic E-state index is 0.000236. The maximum atomic E-state index is 13.2. The molecule has 2 saturated heterocycles. The highest BCUT2D eigenvalue weighted by atomic mass is 16.2. The first-order valence-electron chi connectivity index (χ1n) is 10.2. The Morgan fingerprint density at radius 1 is 0.931 bits per heavy atom. The number of carbonyl (C=O) groups is 2. The second-order valence-corrected chi connectivity index (χ2v) is 7.94. The van der Waals surface area contributed by atoms with Gasteiger partial charge < -0.3 is 9.80 Å². The first kappa shape index (κ1) is 19.6. The van der Waals surface area contributed by atoms with Crippen molar-refractivity contribution in [3.05, 3.63) is 65.2 Å². The fraction of sp³-hybridized carbons (Fsp3) is 0.391. The molecular formula is C23H28N4O2. The zero-order chi connectivity index (χ0) is 20.4. The SMILES string of the molecule is CC(=O)c1ccc(N2CCN(C(=O)C3CNNC3c3ccc(C)cc3)CC2)cc1. The van der Waals surface area contributed by atoms with E-state index in [9.17, 15) is 9.59 Å². The van der Waals surface area contributed by atoms with E-state index in [4.69, 9.17) is 0 Å². The molecule has 2 aliphatic rings. The quantitative estimate of drug-likeness (QED) is 0.782. The van der Waals surface area contributed by atoms with Gasteiger partial charge >= 0.3 is 0 Å². The van der Waals surface area contributed by atoms with Gasteiger partial charge in [0, 0.05) is 44.0 Å². The molecule has 0 spiro atoms. The molecule has 4 rings (SSSR count). The third-order valence-corrected chi connectivity index (χ3v) is 5.97. The molecule has 2 atom stereocenters. The molecule has 152 valence electrons. The van der Waals surface area contributed by atoms with Gasteiger partial charge in [0.2, 0.25) is 5.91 Å². The molecule has 2 aromatic rings. The predicted molar refractivity (Wildman–Crippen MR) is 114 cm³/mol. The number of hydrogen-bond acceptors (Lipinski definition) is 5. The second-order valence-electron chi connectivity index (χ2n) is 7.94. The fourth-order valence-electron chi connectivity index (χ4n) is 4.14. The minimum atomic E-state index is -0.0980. The van der Waals surface area contributed by atoms with E-state index in [0.29, 0.717) is 19.6 Å². The normalized spacial score (nSPS) is 22.0. The minimum Gasteiger partial charge on any atom is -0.368 e. The number of aryl methyl sites for hydroxylation is 1. The smallest absolute Gasteiger partial charge is 0.229 e. The van der Waals surface area contributed by atoms with Crippen LogP contribution >= 0.6 is 0 Å². The van der Waals surface area contributed by atoms with Crippen LogP contribution in [0.4, 0.5) is 5.69 Å². The average molecular weight is 393 g/mol. The Morgan fingerprint density at radius 2 is 1.59 bits per heavy atom. The highest BCUT2D eigenvalue weighted by molar-refractivity contribution is 5.94. The van der Waals surface area contributed by atoms with Crippen LogP contribution in [0, 0.1) is 12.8 Å². The van der Waals surface area contributed by atoms with Gasteiger partial charge in [-0.15, -0.1) is 0 Å². The van der Waals surface area contributed by atoms with Crippen LogP contribution in [0.1, 0.15) is 34.5 Å². The number of Topliss-reactive ketones (excluding diaryl/α,β-unsaturated/α-hetero) is 1. The average Bonchev–Trinajstić information content (AvgIpc) is 3.24. The van der Waals surface area contributed by atoms with E-state index in [0.717, 1.165) is 29.9 Å². The maximum absolute atomic E-state index is 13.2. The summed E-state index contributed by atoms with van der Waals surface area (Å²) in [5, 5.41) is 0. The standard InChI is InChI=1S/C23H28N4O2/c1-16-3-5-19(6-4-16)22-21(15-24-25-22)23(29)27-13-11-26(12-14-27)20-9-7-18(8-10-20)17(2)28/h3-10,21-22,24-25H,11-15H2,1-2H3. The zero-order valence-electron chi connectivity index (χ0n) is 17.0. The lowest BCUT2D eigenvalue weighted by Gasteiger charge is -2.37. The molecule has 2 aliphatic heterocycles. The lowest BCUT2D eigenvalue weighted by atomic mass is 9.93. The molecule has 1 amide bonds. The first-order valence-corrected chi connectivity index (χ1v) is 10.2. The summed E-state index contributed by atoms with van der Waals surface area (Å²) >= 11 is 0. The van der Waals surface area contributed by atoms with Crippen molar-refractivity contribution in [2.45, 2.75) is 19.9 Å². The monoisotopic (exact) mass is 392 g/mol. The van der Waals surface area contributed by atoms with Crippen molar-refractivity contribution in [1.29, 1.82) is 0 Å². The fourth-order valence-corrected chi connectivity index (χ4v) is 4.14. The number of ketones is 1. The largest absolute Gasteiger partial charge is 0.368 e. The lowest BCUT2D eigenvalue weighted by Crippen LogP contribution is -2.51. The van der Waals surface area contributed by atoms with Crippen LogP contribution in [-0.4, -0.2) is 49.3 Å². The van der Waals surface area contributed by atoms with Crippen LogP contribution in [0.25, 0.3) is 0 Å². The van der Waals surface area contributed by atoms with Gasteiger partial charge in [0.05, 0.1) is 12.0 Å². The molecule has 6 heteroatoms. The molecule has 2 unspecified atom stereocenters. The Labute approximate surface area is 171 Å². The van der Waals surface area contributed by atoms with Crippen molar-refractivity contribution in [3.8, 4) is 0 Å². The number of hydrazine groups is 1. The molecule has 29 heavy (non-hydrogen) atoms. The van der Waals surface area contributed by atoms with E-state index in [1.54, 1.807) is 6.92 Å². The van der Waals surface area contributed by atoms with E-state index in [1.807, 2.05) is 29.2 Å². The van der Waals surface area contributed by atoms with Crippen LogP contribution in [0.5, 0.6) is 0 Å². The predicted octanol–water partition coefficient (Wildman–Crippen LogP) is 2.31. The number of rotatable bonds is 4. The molecule has 0 aliphatic carbocycles. The summed E-state index contributed by atoms with van der Waals surface area (Å²) in [7, 11) is 0. The third-order valence-electron chi connectivity index (χ3n) is 5.97. The Morgan fingerprint density at radius 3 is 2.21 bits per heavy atom. The summed E-state index contributed by atoms with van der Waals surface area (Å²) < 4.78 is 0. The summed E-state index contributed by atoms with van der Waals surface area (Å²) in [6.07, 6.45) is 0. The van der Waals surface area contributed by atoms with Crippen molar-refractivity contribution in [1.82, 2.24) is 15.8 Å². The number of carbonyl (C=O) groups excluding carboxylic acids is 2. The van der Waals surface area contributed by atoms with E-state index in [2.05, 4.69) is 46.9 Å². The highest BCUT2D eigenvalue weighted by Crippen LogP contribution is 2.27. The zero-order valence-corrected chi connectivity index (χ0v) is 17.0. The number of benzene rings is 2. The van der Waals surface area contributed by atoms with Gasteiger partial charge in [0.25, 0.3) is 0 Å². The van der Waals surface area contributed by atoms with E-state index < -0.39 is 0 Å². The topological polar surface area (TPSA) is 64.7 Å². The number of piperazine rings is 1. The lowest BCUT2D eigenvalue weighted by molar-refractivity contribution is -0.135. The van der Waals surface area contributed by atoms with Gasteiger partial charge in [-0.2, -0.15) is 0 Å². The Balaban J connectivity index is 1.38. The van der Waals surface area contributed by atoms with Gasteiger partial charge in [-0.3, -0.25) is 15.0 Å². The molecule has 0 bridgehead atoms. The number of nitrogens with one attached hydrogen (secondary N) is 2. The summed E-state index contributed by atoms with van der Waals surface area (Å²) in [5.41, 5.74) is 10.6. The molecule has 0 aromatic heterocycles. The molecule has 2 N–H and O–H groups in total. The van der Waals surface area contributed by atoms with E-state index >= 15 is 0 Å². The molecule has 6 nitrogen and oxygen atoms in total. The number of hydrogen-bond donors (Lipinski definition) is 2. The van der Waals surface area contributed by atoms with Gasteiger partial charge in [-0.05, 0) is 43.7 Å². The summed E-state index contributed by atoms with van der Waals surface area (Å²) in [6.45, 7) is 7.32. The molecule has 2 aromatic carbocycles. The highest BCUT2D eigenvalue weighted by Gasteiger charge is 2.37. The van der Waals surface area contributed by atoms with E-state index in [1.165, 1.54) is 5.56 Å². The second kappa shape index (κ2) is 8.35. The number of anilines is 1. The van der Waals surface area contributed by atoms with Crippen LogP contribution in [0.2, 0.25) is 0 Å². The molecule has 2 heterocycles. The van der Waals surface area contributed by atoms with Crippen molar-refractivity contribution >= 4 is 17.4 Å². The Kier molecular flexibility index (Phi) is 5.65. The van der Waals surface area contributed by atoms with Crippen molar-refractivity contribution in [3.63, 3.8) is 0 Å². The summed E-state index contributed by atoms with van der Waals surface area (Å²) in [6, 6.07) is 16.1. The van der Waals surface area contributed by atoms with Gasteiger partial charge in [0.15, 0.2) is 5.78 Å². The van der Waals surface area contributed by atoms with Crippen LogP contribution in [0.3, 0.4) is 0 Å². The van der Waals surface area contributed by atoms with Crippen LogP contribution < -0.4 is 15.8 Å². The Hall–Kier alpha value is -2.70. The molecule has 0 saturated carbocycles. The summed E-state index contributed by atoms with van der Waals surface area (Å²) in [4.78, 5) is 28.9. The van der Waals surface area contributed by atoms with Gasteiger partial charge in [0.1, 0.15) is 0 Å². The van der Waals surface area contributed by atoms with Crippen LogP contribution in [0.15, 0.2) is 48.5 Å². The van der Waals surface area contributed by atoms with Gasteiger partial charge in [-0.25, -0.2) is 5.43 Å². The third kappa shape index (κ3) is 4.18. The van der Waals surface area contributed by atoms with Crippen LogP contribution in [-0.2, 0) is 4.79 Å².